The number of nitrogens with one attached hydrogen (secondary N) is 1. The van der Waals surface area contributed by atoms with Crippen LogP contribution in [-0.4, -0.2) is 54.5 Å². The van der Waals surface area contributed by atoms with Crippen LogP contribution in [0.3, 0.4) is 0 Å². The lowest BCUT2D eigenvalue weighted by atomic mass is 9.76. The van der Waals surface area contributed by atoms with E-state index in [1.54, 1.807) is 6.08 Å². The van der Waals surface area contributed by atoms with Crippen LogP contribution in [0.1, 0.15) is 32.8 Å². The van der Waals surface area contributed by atoms with Crippen LogP contribution < -0.4 is 5.48 Å². The molecule has 2 aliphatic rings. The molecule has 8 heteroatoms. The van der Waals surface area contributed by atoms with E-state index in [2.05, 4.69) is 39.3 Å². The molecule has 0 radical (unpaired) electrons. The number of aliphatic hydroxyl groups is 2. The van der Waals surface area contributed by atoms with Gasteiger partial charge in [-0.3, -0.25) is 9.63 Å². The van der Waals surface area contributed by atoms with Gasteiger partial charge in [0.05, 0.1) is 19.6 Å². The quantitative estimate of drug-likeness (QED) is 0.262. The van der Waals surface area contributed by atoms with Crippen LogP contribution >= 0.6 is 0 Å². The van der Waals surface area contributed by atoms with Crippen molar-refractivity contribution < 1.29 is 29.0 Å². The van der Waals surface area contributed by atoms with Gasteiger partial charge < -0.3 is 19.4 Å². The fourth-order valence-electron chi connectivity index (χ4n) is 3.52. The molecular weight excluding hydrogens is 402 g/mol. The molecule has 1 fully saturated rings. The van der Waals surface area contributed by atoms with E-state index in [0.717, 1.165) is 5.56 Å². The van der Waals surface area contributed by atoms with E-state index in [9.17, 15) is 15.0 Å². The molecule has 1 aliphatic carbocycles. The molecule has 0 spiro atoms. The van der Waals surface area contributed by atoms with Crippen LogP contribution in [-0.2, 0) is 25.4 Å². The normalized spacial score (nSPS) is 31.5. The molecule has 0 amide bonds. The van der Waals surface area contributed by atoms with E-state index in [-0.39, 0.29) is 11.5 Å². The Labute approximate surface area is 179 Å². The van der Waals surface area contributed by atoms with Gasteiger partial charge >= 0.3 is 5.97 Å². The maximum absolute atomic E-state index is 12.3. The maximum atomic E-state index is 12.3. The minimum Gasteiger partial charge on any atom is -0.457 e. The molecule has 166 valence electrons. The molecular formula is C22H33NO6Si. The Morgan fingerprint density at radius 3 is 2.50 bits per heavy atom. The first-order valence-corrected chi connectivity index (χ1v) is 13.2. The first-order valence-electron chi connectivity index (χ1n) is 10.3. The minimum atomic E-state index is -2.36. The molecule has 30 heavy (non-hydrogen) atoms. The van der Waals surface area contributed by atoms with Gasteiger partial charge in [-0.05, 0) is 23.7 Å². The van der Waals surface area contributed by atoms with Crippen molar-refractivity contribution >= 4 is 14.3 Å². The molecule has 0 bridgehead atoms. The van der Waals surface area contributed by atoms with Crippen molar-refractivity contribution in [3.05, 3.63) is 48.0 Å². The fourth-order valence-corrected chi connectivity index (χ4v) is 4.84. The lowest BCUT2D eigenvalue weighted by Gasteiger charge is -2.49. The minimum absolute atomic E-state index is 0.0435. The third-order valence-corrected chi connectivity index (χ3v) is 10.9. The van der Waals surface area contributed by atoms with Crippen molar-refractivity contribution in [2.75, 3.05) is 6.61 Å². The molecule has 7 nitrogen and oxygen atoms in total. The number of fused-ring (bicyclic) bond motifs is 1. The van der Waals surface area contributed by atoms with Crippen molar-refractivity contribution in [1.29, 1.82) is 0 Å². The van der Waals surface area contributed by atoms with Crippen molar-refractivity contribution in [3.63, 3.8) is 0 Å². The molecule has 1 saturated heterocycles. The van der Waals surface area contributed by atoms with E-state index in [1.165, 1.54) is 6.08 Å². The number of carbonyl (C=O) groups is 1. The number of rotatable bonds is 7. The standard InChI is InChI=1S/C22H33NO6Si/c1-20(2,3)30(4,5)29-19-18-21(13-17(25)28-18,11-12-22(19,26)15-24)23-27-14-16-9-7-6-8-10-16/h6-12,18-19,23-24,26H,13-15H2,1-5H3/t18-,19+,21+,22-/m1/s1. The molecule has 0 unspecified atom stereocenters. The van der Waals surface area contributed by atoms with Crippen LogP contribution in [0, 0.1) is 0 Å². The summed E-state index contributed by atoms with van der Waals surface area (Å²) in [7, 11) is -2.36. The smallest absolute Gasteiger partial charge is 0.308 e. The molecule has 4 atom stereocenters. The van der Waals surface area contributed by atoms with Crippen LogP contribution in [0.25, 0.3) is 0 Å². The highest BCUT2D eigenvalue weighted by Gasteiger charge is 2.61. The SMILES string of the molecule is CC(C)(C)[Si](C)(C)O[C@H]1[C@H]2OC(=O)C[C@@]2(NOCc2ccccc2)C=C[C@@]1(O)CO. The molecule has 0 aromatic heterocycles. The number of esters is 1. The van der Waals surface area contributed by atoms with Crippen LogP contribution in [0.5, 0.6) is 0 Å². The molecule has 3 rings (SSSR count). The van der Waals surface area contributed by atoms with Crippen LogP contribution in [0.2, 0.25) is 18.1 Å². The van der Waals surface area contributed by atoms with Gasteiger partial charge in [0.15, 0.2) is 14.4 Å². The highest BCUT2D eigenvalue weighted by molar-refractivity contribution is 6.74. The van der Waals surface area contributed by atoms with Gasteiger partial charge in [0.25, 0.3) is 0 Å². The molecule has 3 N–H and O–H groups in total. The zero-order chi connectivity index (χ0) is 22.2. The Hall–Kier alpha value is -1.55. The molecule has 1 heterocycles. The summed E-state index contributed by atoms with van der Waals surface area (Å²) in [5, 5.41) is 20.9. The summed E-state index contributed by atoms with van der Waals surface area (Å²) < 4.78 is 12.1. The monoisotopic (exact) mass is 435 g/mol. The number of hydrogen-bond donors (Lipinski definition) is 3. The van der Waals surface area contributed by atoms with E-state index in [0.29, 0.717) is 6.61 Å². The number of hydroxylamine groups is 1. The van der Waals surface area contributed by atoms with Crippen LogP contribution in [0.4, 0.5) is 0 Å². The Morgan fingerprint density at radius 2 is 1.90 bits per heavy atom. The average Bonchev–Trinajstić information content (AvgIpc) is 3.01. The van der Waals surface area contributed by atoms with Gasteiger partial charge in [-0.15, -0.1) is 0 Å². The van der Waals surface area contributed by atoms with Crippen LogP contribution in [0.15, 0.2) is 42.5 Å². The summed E-state index contributed by atoms with van der Waals surface area (Å²) in [6.45, 7) is 10.1. The second kappa shape index (κ2) is 8.18. The summed E-state index contributed by atoms with van der Waals surface area (Å²) in [5.41, 5.74) is 1.34. The van der Waals surface area contributed by atoms with Gasteiger partial charge in [0.1, 0.15) is 17.2 Å². The predicted octanol–water partition coefficient (Wildman–Crippen LogP) is 2.45. The number of aliphatic hydroxyl groups excluding tert-OH is 1. The number of carbonyl (C=O) groups excluding carboxylic acids is 1. The van der Waals surface area contributed by atoms with Crippen molar-refractivity contribution in [3.8, 4) is 0 Å². The molecule has 0 saturated carbocycles. The largest absolute Gasteiger partial charge is 0.457 e. The Balaban J connectivity index is 1.87. The van der Waals surface area contributed by atoms with E-state index < -0.39 is 44.2 Å². The van der Waals surface area contributed by atoms with Gasteiger partial charge in [0, 0.05) is 0 Å². The first kappa shape index (κ1) is 23.1. The van der Waals surface area contributed by atoms with Gasteiger partial charge in [-0.25, -0.2) is 0 Å². The summed E-state index contributed by atoms with van der Waals surface area (Å²) in [5.74, 6) is -0.411. The summed E-state index contributed by atoms with van der Waals surface area (Å²) in [6, 6.07) is 9.66. The number of hydrogen-bond acceptors (Lipinski definition) is 7. The summed E-state index contributed by atoms with van der Waals surface area (Å²) >= 11 is 0. The zero-order valence-corrected chi connectivity index (χ0v) is 19.3. The maximum Gasteiger partial charge on any atom is 0.308 e. The summed E-state index contributed by atoms with van der Waals surface area (Å²) in [6.07, 6.45) is 1.45. The van der Waals surface area contributed by atoms with E-state index in [1.807, 2.05) is 30.3 Å². The van der Waals surface area contributed by atoms with Crippen molar-refractivity contribution in [1.82, 2.24) is 5.48 Å². The number of ether oxygens (including phenoxy) is 1. The second-order valence-corrected chi connectivity index (χ2v) is 14.5. The second-order valence-electron chi connectivity index (χ2n) is 9.79. The van der Waals surface area contributed by atoms with Gasteiger partial charge in [-0.2, -0.15) is 5.48 Å². The van der Waals surface area contributed by atoms with Gasteiger partial charge in [0.2, 0.25) is 0 Å². The van der Waals surface area contributed by atoms with Gasteiger partial charge in [-0.1, -0.05) is 63.3 Å². The molecule has 1 aromatic carbocycles. The first-order chi connectivity index (χ1) is 13.9. The lowest BCUT2D eigenvalue weighted by Crippen LogP contribution is -2.67. The average molecular weight is 436 g/mol. The Kier molecular flexibility index (Phi) is 6.30. The third-order valence-electron chi connectivity index (χ3n) is 6.46. The topological polar surface area (TPSA) is 97.3 Å². The molecule has 1 aromatic rings. The lowest BCUT2D eigenvalue weighted by molar-refractivity contribution is -0.165. The highest BCUT2D eigenvalue weighted by atomic mass is 28.4. The summed E-state index contributed by atoms with van der Waals surface area (Å²) in [4.78, 5) is 18.1. The highest BCUT2D eigenvalue weighted by Crippen LogP contribution is 2.45. The fraction of sp³-hybridized carbons (Fsp3) is 0.591. The van der Waals surface area contributed by atoms with Crippen molar-refractivity contribution in [2.24, 2.45) is 0 Å². The predicted molar refractivity (Wildman–Crippen MR) is 115 cm³/mol. The van der Waals surface area contributed by atoms with E-state index >= 15 is 0 Å². The number of benzene rings is 1. The zero-order valence-electron chi connectivity index (χ0n) is 18.3. The van der Waals surface area contributed by atoms with Crippen molar-refractivity contribution in [2.45, 2.75) is 75.3 Å². The Morgan fingerprint density at radius 1 is 1.23 bits per heavy atom. The van der Waals surface area contributed by atoms with E-state index in [4.69, 9.17) is 14.0 Å². The Bertz CT molecular complexity index is 793. The molecule has 1 aliphatic heterocycles. The third kappa shape index (κ3) is 4.39.